The van der Waals surface area contributed by atoms with Crippen LogP contribution in [0.25, 0.3) is 97.8 Å². The lowest BCUT2D eigenvalue weighted by atomic mass is 9.82. The molecule has 0 atom stereocenters. The van der Waals surface area contributed by atoms with E-state index >= 15 is 0 Å². The smallest absolute Gasteiger partial charge is 0.0540 e. The average Bonchev–Trinajstić information content (AvgIpc) is 3.33. The van der Waals surface area contributed by atoms with Crippen LogP contribution in [0.5, 0.6) is 0 Å². The minimum Gasteiger partial charge on any atom is -0.310 e. The molecular weight excluding hydrogens is 759 g/mol. The third kappa shape index (κ3) is 5.36. The van der Waals surface area contributed by atoms with Gasteiger partial charge in [0.15, 0.2) is 0 Å². The van der Waals surface area contributed by atoms with Gasteiger partial charge in [-0.15, -0.1) is 0 Å². The molecule has 0 saturated carbocycles. The fraction of sp³-hybridized carbons (Fsp3) is 0.0323. The van der Waals surface area contributed by atoms with E-state index in [1.807, 2.05) is 0 Å². The van der Waals surface area contributed by atoms with Gasteiger partial charge in [-0.2, -0.15) is 0 Å². The molecule has 0 aliphatic rings. The number of benzene rings is 13. The van der Waals surface area contributed by atoms with Crippen LogP contribution in [0.3, 0.4) is 0 Å². The van der Waals surface area contributed by atoms with Crippen molar-refractivity contribution in [2.24, 2.45) is 0 Å². The summed E-state index contributed by atoms with van der Waals surface area (Å²) in [5, 5.41) is 21.1. The first-order valence-electron chi connectivity index (χ1n) is 22.0. The molecule has 0 heterocycles. The lowest BCUT2D eigenvalue weighted by molar-refractivity contribution is 1.30. The van der Waals surface area contributed by atoms with Gasteiger partial charge >= 0.3 is 0 Å². The Morgan fingerprint density at radius 1 is 0.317 bits per heavy atom. The Kier molecular flexibility index (Phi) is 7.80. The number of hydrogen-bond donors (Lipinski definition) is 0. The van der Waals surface area contributed by atoms with Crippen molar-refractivity contribution in [3.05, 3.63) is 234 Å². The molecule has 0 N–H and O–H groups in total. The van der Waals surface area contributed by atoms with Gasteiger partial charge in [-0.1, -0.05) is 187 Å². The van der Waals surface area contributed by atoms with Crippen LogP contribution in [-0.4, -0.2) is 0 Å². The number of anilines is 3. The standard InChI is InChI=1S/C62H41N/c1-38-23-29-41(30-24-38)55(42-31-25-39(2)26-32-42)37-40-27-33-45(34-28-40)63(44-13-4-3-5-14-44)56-36-35-49-48-17-9-21-53-60(48)62(52-20-10-18-50(56)58(49)52)54-22-8-16-47-46-15-6-11-43-12-7-19-51(57(43)46)61(53)59(47)54/h3-37H,1-2H3. The number of rotatable bonds is 6. The summed E-state index contributed by atoms with van der Waals surface area (Å²) in [6, 6.07) is 76.9. The molecule has 0 fully saturated rings. The summed E-state index contributed by atoms with van der Waals surface area (Å²) in [5.41, 5.74) is 10.7. The second-order valence-corrected chi connectivity index (χ2v) is 17.3. The molecule has 13 aromatic carbocycles. The van der Waals surface area contributed by atoms with E-state index in [-0.39, 0.29) is 0 Å². The van der Waals surface area contributed by atoms with Crippen LogP contribution in [0.1, 0.15) is 27.8 Å². The Bertz CT molecular complexity index is 3880. The molecule has 0 amide bonds. The molecule has 0 saturated heterocycles. The van der Waals surface area contributed by atoms with E-state index in [2.05, 4.69) is 231 Å². The van der Waals surface area contributed by atoms with Crippen molar-refractivity contribution < 1.29 is 0 Å². The van der Waals surface area contributed by atoms with Crippen LogP contribution < -0.4 is 4.90 Å². The Morgan fingerprint density at radius 2 is 0.746 bits per heavy atom. The van der Waals surface area contributed by atoms with Gasteiger partial charge in [-0.3, -0.25) is 0 Å². The zero-order chi connectivity index (χ0) is 41.8. The SMILES string of the molecule is Cc1ccc(C(=Cc2ccc(N(c3ccccc3)c3ccc4c5cccc6c5c(c5cccc3c45)c3cccc4c5cccc7cccc(c75)c6c43)cc2)c2ccc(C)cc2)cc1. The highest BCUT2D eigenvalue weighted by atomic mass is 15.1. The van der Waals surface area contributed by atoms with Crippen LogP contribution in [0.2, 0.25) is 0 Å². The number of aryl methyl sites for hydroxylation is 2. The third-order valence-corrected chi connectivity index (χ3v) is 13.7. The minimum atomic E-state index is 1.11. The van der Waals surface area contributed by atoms with E-state index in [0.717, 1.165) is 22.6 Å². The molecular formula is C62H41N. The van der Waals surface area contributed by atoms with Crippen molar-refractivity contribution in [1.29, 1.82) is 0 Å². The number of hydrogen-bond acceptors (Lipinski definition) is 1. The molecule has 0 bridgehead atoms. The zero-order valence-electron chi connectivity index (χ0n) is 35.2. The topological polar surface area (TPSA) is 3.24 Å². The summed E-state index contributed by atoms with van der Waals surface area (Å²) < 4.78 is 0. The third-order valence-electron chi connectivity index (χ3n) is 13.7. The number of fused-ring (bicyclic) bond motifs is 6. The maximum Gasteiger partial charge on any atom is 0.0540 e. The van der Waals surface area contributed by atoms with Crippen molar-refractivity contribution in [2.75, 3.05) is 4.90 Å². The molecule has 63 heavy (non-hydrogen) atoms. The van der Waals surface area contributed by atoms with Gasteiger partial charge in [0.05, 0.1) is 5.69 Å². The van der Waals surface area contributed by atoms with Crippen molar-refractivity contribution in [1.82, 2.24) is 0 Å². The van der Waals surface area contributed by atoms with E-state index < -0.39 is 0 Å². The zero-order valence-corrected chi connectivity index (χ0v) is 35.2. The molecule has 0 aromatic heterocycles. The first kappa shape index (κ1) is 35.7. The summed E-state index contributed by atoms with van der Waals surface area (Å²) in [6.07, 6.45) is 2.33. The molecule has 0 aliphatic carbocycles. The molecule has 0 aliphatic heterocycles. The van der Waals surface area contributed by atoms with Crippen LogP contribution in [0.4, 0.5) is 17.1 Å². The Labute approximate surface area is 366 Å². The lowest BCUT2D eigenvalue weighted by Gasteiger charge is -2.28. The van der Waals surface area contributed by atoms with Gasteiger partial charge < -0.3 is 4.90 Å². The average molecular weight is 800 g/mol. The molecule has 294 valence electrons. The van der Waals surface area contributed by atoms with E-state index in [1.54, 1.807) is 0 Å². The van der Waals surface area contributed by atoms with Gasteiger partial charge in [-0.25, -0.2) is 0 Å². The summed E-state index contributed by atoms with van der Waals surface area (Å²) in [6.45, 7) is 4.29. The Morgan fingerprint density at radius 3 is 1.32 bits per heavy atom. The van der Waals surface area contributed by atoms with E-state index in [4.69, 9.17) is 0 Å². The Balaban J connectivity index is 1.05. The van der Waals surface area contributed by atoms with Crippen LogP contribution in [-0.2, 0) is 0 Å². The second kappa shape index (κ2) is 13.8. The van der Waals surface area contributed by atoms with Gasteiger partial charge in [0.1, 0.15) is 0 Å². The number of nitrogens with zero attached hydrogens (tertiary/aromatic N) is 1. The van der Waals surface area contributed by atoms with Gasteiger partial charge in [0.25, 0.3) is 0 Å². The molecule has 0 spiro atoms. The second-order valence-electron chi connectivity index (χ2n) is 17.3. The van der Waals surface area contributed by atoms with Gasteiger partial charge in [-0.05, 0) is 153 Å². The molecule has 13 aromatic rings. The number of para-hydroxylation sites is 1. The van der Waals surface area contributed by atoms with E-state index in [0.29, 0.717) is 0 Å². The quantitative estimate of drug-likeness (QED) is 0.0920. The van der Waals surface area contributed by atoms with Crippen LogP contribution in [0, 0.1) is 13.8 Å². The molecule has 1 nitrogen and oxygen atoms in total. The monoisotopic (exact) mass is 799 g/mol. The fourth-order valence-electron chi connectivity index (χ4n) is 10.8. The fourth-order valence-corrected chi connectivity index (χ4v) is 10.8. The maximum absolute atomic E-state index is 2.43. The summed E-state index contributed by atoms with van der Waals surface area (Å²) in [4.78, 5) is 2.43. The van der Waals surface area contributed by atoms with Gasteiger partial charge in [0, 0.05) is 16.8 Å². The summed E-state index contributed by atoms with van der Waals surface area (Å²) >= 11 is 0. The largest absolute Gasteiger partial charge is 0.310 e. The van der Waals surface area contributed by atoms with E-state index in [9.17, 15) is 0 Å². The van der Waals surface area contributed by atoms with Crippen molar-refractivity contribution in [3.63, 3.8) is 0 Å². The maximum atomic E-state index is 2.43. The van der Waals surface area contributed by atoms with E-state index in [1.165, 1.54) is 114 Å². The predicted molar refractivity (Wildman–Crippen MR) is 273 cm³/mol. The van der Waals surface area contributed by atoms with Crippen LogP contribution in [0.15, 0.2) is 206 Å². The van der Waals surface area contributed by atoms with Crippen LogP contribution >= 0.6 is 0 Å². The highest BCUT2D eigenvalue weighted by Crippen LogP contribution is 2.52. The lowest BCUT2D eigenvalue weighted by Crippen LogP contribution is -2.10. The van der Waals surface area contributed by atoms with Gasteiger partial charge in [0.2, 0.25) is 0 Å². The molecule has 0 radical (unpaired) electrons. The molecule has 1 heteroatoms. The van der Waals surface area contributed by atoms with Crippen molar-refractivity contribution in [2.45, 2.75) is 13.8 Å². The molecule has 0 unspecified atom stereocenters. The summed E-state index contributed by atoms with van der Waals surface area (Å²) in [7, 11) is 0. The Hall–Kier alpha value is -8.00. The highest BCUT2D eigenvalue weighted by molar-refractivity contribution is 6.48. The molecule has 13 rings (SSSR count). The van der Waals surface area contributed by atoms with Crippen molar-refractivity contribution >= 4 is 115 Å². The normalized spacial score (nSPS) is 12.0. The first-order valence-corrected chi connectivity index (χ1v) is 22.0. The minimum absolute atomic E-state index is 1.11. The first-order chi connectivity index (χ1) is 31.1. The van der Waals surface area contributed by atoms with Crippen molar-refractivity contribution in [3.8, 4) is 0 Å². The summed E-state index contributed by atoms with van der Waals surface area (Å²) in [5.74, 6) is 0. The highest BCUT2D eigenvalue weighted by Gasteiger charge is 2.24. The predicted octanol–water partition coefficient (Wildman–Crippen LogP) is 17.5.